The van der Waals surface area contributed by atoms with E-state index in [1.165, 1.54) is 14.0 Å². The van der Waals surface area contributed by atoms with Gasteiger partial charge in [-0.1, -0.05) is 19.3 Å². The first-order valence-electron chi connectivity index (χ1n) is 10.5. The van der Waals surface area contributed by atoms with E-state index in [9.17, 15) is 14.4 Å². The van der Waals surface area contributed by atoms with Crippen LogP contribution in [0.3, 0.4) is 0 Å². The van der Waals surface area contributed by atoms with E-state index in [-0.39, 0.29) is 42.3 Å². The van der Waals surface area contributed by atoms with E-state index in [1.54, 1.807) is 0 Å². The van der Waals surface area contributed by atoms with Crippen LogP contribution in [0.5, 0.6) is 0 Å². The molecule has 1 heterocycles. The molecule has 2 fully saturated rings. The topological polar surface area (TPSA) is 88.1 Å². The van der Waals surface area contributed by atoms with Crippen molar-refractivity contribution in [2.24, 2.45) is 11.8 Å². The van der Waals surface area contributed by atoms with Crippen LogP contribution in [0.4, 0.5) is 0 Å². The molecule has 1 saturated carbocycles. The van der Waals surface area contributed by atoms with E-state index in [0.717, 1.165) is 57.7 Å². The Hall–Kier alpha value is -1.47. The highest BCUT2D eigenvalue weighted by Crippen LogP contribution is 2.39. The van der Waals surface area contributed by atoms with Crippen LogP contribution in [0.15, 0.2) is 0 Å². The number of carbonyl (C=O) groups is 3. The minimum Gasteiger partial charge on any atom is -0.469 e. The van der Waals surface area contributed by atoms with Crippen LogP contribution >= 0.6 is 0 Å². The van der Waals surface area contributed by atoms with Crippen molar-refractivity contribution in [1.29, 1.82) is 0 Å². The number of esters is 2. The van der Waals surface area contributed by atoms with Gasteiger partial charge in [-0.2, -0.15) is 0 Å². The van der Waals surface area contributed by atoms with Gasteiger partial charge in [0.15, 0.2) is 6.29 Å². The zero-order valence-corrected chi connectivity index (χ0v) is 17.1. The lowest BCUT2D eigenvalue weighted by atomic mass is 9.89. The smallest absolute Gasteiger partial charge is 0.305 e. The molecule has 0 amide bonds. The average molecular weight is 398 g/mol. The molecule has 28 heavy (non-hydrogen) atoms. The molecule has 0 bridgehead atoms. The summed E-state index contributed by atoms with van der Waals surface area (Å²) in [7, 11) is 1.40. The first-order chi connectivity index (χ1) is 13.5. The summed E-state index contributed by atoms with van der Waals surface area (Å²) in [5.41, 5.74) is 0. The fourth-order valence-corrected chi connectivity index (χ4v) is 4.26. The van der Waals surface area contributed by atoms with Crippen molar-refractivity contribution in [2.45, 2.75) is 89.6 Å². The zero-order valence-electron chi connectivity index (χ0n) is 17.1. The number of hydrogen-bond donors (Lipinski definition) is 0. The molecule has 2 rings (SSSR count). The summed E-state index contributed by atoms with van der Waals surface area (Å²) in [6.07, 6.45) is 8.44. The van der Waals surface area contributed by atoms with E-state index < -0.39 is 0 Å². The van der Waals surface area contributed by atoms with Crippen LogP contribution in [-0.2, 0) is 33.3 Å². The fourth-order valence-electron chi connectivity index (χ4n) is 4.26. The summed E-state index contributed by atoms with van der Waals surface area (Å²) in [5.74, 6) is -0.829. The predicted molar refractivity (Wildman–Crippen MR) is 101 cm³/mol. The lowest BCUT2D eigenvalue weighted by Crippen LogP contribution is -2.32. The number of hydrogen-bond acceptors (Lipinski definition) is 7. The normalized spacial score (nSPS) is 30.0. The van der Waals surface area contributed by atoms with Crippen LogP contribution in [0.2, 0.25) is 0 Å². The highest BCUT2D eigenvalue weighted by atomic mass is 16.7. The Morgan fingerprint density at radius 2 is 1.89 bits per heavy atom. The average Bonchev–Trinajstić information content (AvgIpc) is 3.00. The third kappa shape index (κ3) is 7.17. The third-order valence-corrected chi connectivity index (χ3v) is 5.70. The Morgan fingerprint density at radius 3 is 2.54 bits per heavy atom. The number of carbonyl (C=O) groups excluding carboxylic acids is 3. The van der Waals surface area contributed by atoms with Gasteiger partial charge in [-0.3, -0.25) is 9.59 Å². The maximum Gasteiger partial charge on any atom is 0.305 e. The molecule has 0 radical (unpaired) electrons. The highest BCUT2D eigenvalue weighted by molar-refractivity contribution is 5.69. The Balaban J connectivity index is 1.85. The maximum atomic E-state index is 11.8. The molecule has 1 aliphatic carbocycles. The van der Waals surface area contributed by atoms with Gasteiger partial charge in [-0.15, -0.1) is 0 Å². The van der Waals surface area contributed by atoms with E-state index in [0.29, 0.717) is 19.4 Å². The molecule has 0 N–H and O–H groups in total. The second-order valence-electron chi connectivity index (χ2n) is 7.76. The minimum absolute atomic E-state index is 0.0319. The summed E-state index contributed by atoms with van der Waals surface area (Å²) in [6.45, 7) is 2.09. The van der Waals surface area contributed by atoms with Gasteiger partial charge < -0.3 is 23.7 Å². The SMILES string of the molecule is COC(=O)CCCCCC[C@H]1[C@H](C=O)[C@@H](OC2CCCCO2)C[C@H]1OC(C)=O. The van der Waals surface area contributed by atoms with E-state index in [2.05, 4.69) is 4.74 Å². The van der Waals surface area contributed by atoms with Gasteiger partial charge in [-0.05, 0) is 32.1 Å². The lowest BCUT2D eigenvalue weighted by molar-refractivity contribution is -0.195. The van der Waals surface area contributed by atoms with Crippen molar-refractivity contribution in [3.63, 3.8) is 0 Å². The molecule has 7 heteroatoms. The predicted octanol–water partition coefficient (Wildman–Crippen LogP) is 3.18. The molecule has 0 aromatic rings. The van der Waals surface area contributed by atoms with Crippen LogP contribution in [-0.4, -0.2) is 50.4 Å². The second-order valence-corrected chi connectivity index (χ2v) is 7.76. The molecule has 5 atom stereocenters. The standard InChI is InChI=1S/C21H34O7/c1-15(23)27-18-13-19(28-21-11-7-8-12-26-21)17(14-22)16(18)9-5-3-4-6-10-20(24)25-2/h14,16-19,21H,3-13H2,1-2H3/t16-,17-,18+,19-,21?/m0/s1. The monoisotopic (exact) mass is 398 g/mol. The molecule has 0 spiro atoms. The van der Waals surface area contributed by atoms with Gasteiger partial charge in [-0.25, -0.2) is 0 Å². The molecule has 1 saturated heterocycles. The largest absolute Gasteiger partial charge is 0.469 e. The van der Waals surface area contributed by atoms with Gasteiger partial charge in [0.05, 0.1) is 13.2 Å². The van der Waals surface area contributed by atoms with E-state index >= 15 is 0 Å². The van der Waals surface area contributed by atoms with Crippen molar-refractivity contribution in [1.82, 2.24) is 0 Å². The molecule has 2 aliphatic rings. The Bertz CT molecular complexity index is 501. The number of ether oxygens (including phenoxy) is 4. The number of aldehydes is 1. The van der Waals surface area contributed by atoms with Gasteiger partial charge in [0.25, 0.3) is 0 Å². The fraction of sp³-hybridized carbons (Fsp3) is 0.857. The van der Waals surface area contributed by atoms with Crippen molar-refractivity contribution >= 4 is 18.2 Å². The van der Waals surface area contributed by atoms with Crippen molar-refractivity contribution in [3.05, 3.63) is 0 Å². The Kier molecular flexibility index (Phi) is 9.92. The summed E-state index contributed by atoms with van der Waals surface area (Å²) < 4.78 is 21.9. The minimum atomic E-state index is -0.327. The number of unbranched alkanes of at least 4 members (excludes halogenated alkanes) is 3. The molecule has 160 valence electrons. The number of methoxy groups -OCH3 is 1. The number of rotatable bonds is 11. The van der Waals surface area contributed by atoms with Crippen molar-refractivity contribution < 1.29 is 33.3 Å². The van der Waals surface area contributed by atoms with Crippen molar-refractivity contribution in [2.75, 3.05) is 13.7 Å². The van der Waals surface area contributed by atoms with Crippen LogP contribution in [0, 0.1) is 11.8 Å². The second kappa shape index (κ2) is 12.2. The molecule has 0 aromatic heterocycles. The summed E-state index contributed by atoms with van der Waals surface area (Å²) in [5, 5.41) is 0. The molecular weight excluding hydrogens is 364 g/mol. The highest BCUT2D eigenvalue weighted by Gasteiger charge is 2.46. The summed E-state index contributed by atoms with van der Waals surface area (Å²) >= 11 is 0. The van der Waals surface area contributed by atoms with Crippen LogP contribution in [0.1, 0.15) is 71.1 Å². The molecular formula is C21H34O7. The zero-order chi connectivity index (χ0) is 20.4. The van der Waals surface area contributed by atoms with Gasteiger partial charge >= 0.3 is 11.9 Å². The quantitative estimate of drug-likeness (QED) is 0.300. The van der Waals surface area contributed by atoms with Crippen LogP contribution < -0.4 is 0 Å². The van der Waals surface area contributed by atoms with Crippen LogP contribution in [0.25, 0.3) is 0 Å². The molecule has 1 unspecified atom stereocenters. The van der Waals surface area contributed by atoms with Crippen molar-refractivity contribution in [3.8, 4) is 0 Å². The molecule has 1 aliphatic heterocycles. The van der Waals surface area contributed by atoms with Gasteiger partial charge in [0.1, 0.15) is 12.4 Å². The first-order valence-corrected chi connectivity index (χ1v) is 10.5. The first kappa shape index (κ1) is 22.8. The van der Waals surface area contributed by atoms with E-state index in [1.807, 2.05) is 0 Å². The van der Waals surface area contributed by atoms with Gasteiger partial charge in [0.2, 0.25) is 0 Å². The maximum absolute atomic E-state index is 11.8. The molecule has 7 nitrogen and oxygen atoms in total. The van der Waals surface area contributed by atoms with Gasteiger partial charge in [0, 0.05) is 38.2 Å². The lowest BCUT2D eigenvalue weighted by Gasteiger charge is -2.28. The molecule has 0 aromatic carbocycles. The third-order valence-electron chi connectivity index (χ3n) is 5.70. The Morgan fingerprint density at radius 1 is 1.11 bits per heavy atom. The Labute approximate surface area is 167 Å². The van der Waals surface area contributed by atoms with E-state index in [4.69, 9.17) is 14.2 Å². The summed E-state index contributed by atoms with van der Waals surface area (Å²) in [4.78, 5) is 34.5. The summed E-state index contributed by atoms with van der Waals surface area (Å²) in [6, 6.07) is 0.